The zero-order valence-corrected chi connectivity index (χ0v) is 14.0. The van der Waals surface area contributed by atoms with E-state index in [0.29, 0.717) is 0 Å². The van der Waals surface area contributed by atoms with E-state index >= 15 is 0 Å². The molecule has 0 aliphatic heterocycles. The van der Waals surface area contributed by atoms with Crippen LogP contribution in [0.2, 0.25) is 0 Å². The van der Waals surface area contributed by atoms with Crippen LogP contribution in [0.25, 0.3) is 10.2 Å². The van der Waals surface area contributed by atoms with Crippen molar-refractivity contribution in [1.82, 2.24) is 4.57 Å². The Hall–Kier alpha value is -1.79. The Kier molecular flexibility index (Phi) is 4.49. The molecular formula is C16H16N2O2S2. The first-order chi connectivity index (χ1) is 10.7. The van der Waals surface area contributed by atoms with Crippen molar-refractivity contribution in [2.45, 2.75) is 13.5 Å². The van der Waals surface area contributed by atoms with Gasteiger partial charge in [0.2, 0.25) is 0 Å². The SMILES string of the molecule is CSCCn1c(=NC(=O)c2ccco2)sc2cc(C)ccc21. The van der Waals surface area contributed by atoms with Gasteiger partial charge in [-0.3, -0.25) is 4.79 Å². The van der Waals surface area contributed by atoms with E-state index in [0.717, 1.165) is 27.3 Å². The van der Waals surface area contributed by atoms with Crippen LogP contribution >= 0.6 is 23.1 Å². The molecule has 0 spiro atoms. The van der Waals surface area contributed by atoms with Gasteiger partial charge in [0.1, 0.15) is 0 Å². The van der Waals surface area contributed by atoms with E-state index in [4.69, 9.17) is 4.42 Å². The number of carbonyl (C=O) groups is 1. The fourth-order valence-electron chi connectivity index (χ4n) is 2.21. The summed E-state index contributed by atoms with van der Waals surface area (Å²) < 4.78 is 8.38. The van der Waals surface area contributed by atoms with Crippen LogP contribution in [0.1, 0.15) is 16.1 Å². The molecule has 2 heterocycles. The molecule has 0 aliphatic carbocycles. The molecule has 22 heavy (non-hydrogen) atoms. The summed E-state index contributed by atoms with van der Waals surface area (Å²) in [5.74, 6) is 0.901. The van der Waals surface area contributed by atoms with Gasteiger partial charge in [-0.2, -0.15) is 16.8 Å². The number of amides is 1. The van der Waals surface area contributed by atoms with E-state index in [1.807, 2.05) is 0 Å². The van der Waals surface area contributed by atoms with E-state index in [-0.39, 0.29) is 11.7 Å². The lowest BCUT2D eigenvalue weighted by Gasteiger charge is -2.03. The van der Waals surface area contributed by atoms with Gasteiger partial charge in [0.25, 0.3) is 0 Å². The molecule has 3 rings (SSSR count). The monoisotopic (exact) mass is 332 g/mol. The van der Waals surface area contributed by atoms with Crippen molar-refractivity contribution in [2.75, 3.05) is 12.0 Å². The molecule has 0 atom stereocenters. The summed E-state index contributed by atoms with van der Waals surface area (Å²) in [5, 5.41) is 0. The number of hydrogen-bond acceptors (Lipinski definition) is 4. The zero-order chi connectivity index (χ0) is 15.5. The van der Waals surface area contributed by atoms with Gasteiger partial charge in [-0.1, -0.05) is 17.4 Å². The highest BCUT2D eigenvalue weighted by Crippen LogP contribution is 2.19. The number of carbonyl (C=O) groups excluding carboxylic acids is 1. The number of thioether (sulfide) groups is 1. The van der Waals surface area contributed by atoms with E-state index in [1.54, 1.807) is 23.9 Å². The highest BCUT2D eigenvalue weighted by Gasteiger charge is 2.10. The largest absolute Gasteiger partial charge is 0.459 e. The first-order valence-corrected chi connectivity index (χ1v) is 9.11. The summed E-state index contributed by atoms with van der Waals surface area (Å²) in [5.41, 5.74) is 2.32. The molecule has 0 aliphatic rings. The van der Waals surface area contributed by atoms with Gasteiger partial charge in [-0.25, -0.2) is 0 Å². The van der Waals surface area contributed by atoms with Crippen molar-refractivity contribution >= 4 is 39.2 Å². The Morgan fingerprint density at radius 2 is 2.27 bits per heavy atom. The molecule has 6 heteroatoms. The van der Waals surface area contributed by atoms with Crippen LogP contribution in [0.15, 0.2) is 46.0 Å². The zero-order valence-electron chi connectivity index (χ0n) is 12.4. The van der Waals surface area contributed by atoms with Crippen LogP contribution in [-0.2, 0) is 6.54 Å². The summed E-state index contributed by atoms with van der Waals surface area (Å²) in [4.78, 5) is 17.2. The van der Waals surface area contributed by atoms with Gasteiger partial charge in [0, 0.05) is 12.3 Å². The molecule has 3 aromatic rings. The van der Waals surface area contributed by atoms with Crippen LogP contribution in [0.3, 0.4) is 0 Å². The summed E-state index contributed by atoms with van der Waals surface area (Å²) in [6.45, 7) is 2.89. The fraction of sp³-hybridized carbons (Fsp3) is 0.250. The number of aromatic nitrogens is 1. The molecule has 0 radical (unpaired) electrons. The average Bonchev–Trinajstić information content (AvgIpc) is 3.12. The van der Waals surface area contributed by atoms with Crippen LogP contribution in [0, 0.1) is 6.92 Å². The molecule has 0 unspecified atom stereocenters. The highest BCUT2D eigenvalue weighted by molar-refractivity contribution is 7.98. The van der Waals surface area contributed by atoms with Crippen molar-refractivity contribution < 1.29 is 9.21 Å². The Morgan fingerprint density at radius 1 is 1.41 bits per heavy atom. The van der Waals surface area contributed by atoms with E-state index in [1.165, 1.54) is 23.2 Å². The summed E-state index contributed by atoms with van der Waals surface area (Å²) in [6, 6.07) is 9.64. The maximum Gasteiger partial charge on any atom is 0.315 e. The molecule has 1 amide bonds. The maximum absolute atomic E-state index is 12.2. The van der Waals surface area contributed by atoms with Crippen molar-refractivity contribution in [2.24, 2.45) is 4.99 Å². The first kappa shape index (κ1) is 15.1. The average molecular weight is 332 g/mol. The second-order valence-electron chi connectivity index (χ2n) is 4.89. The summed E-state index contributed by atoms with van der Waals surface area (Å²) in [6.07, 6.45) is 3.56. The minimum atomic E-state index is -0.342. The quantitative estimate of drug-likeness (QED) is 0.732. The number of fused-ring (bicyclic) bond motifs is 1. The summed E-state index contributed by atoms with van der Waals surface area (Å²) >= 11 is 3.31. The molecule has 1 aromatic carbocycles. The molecular weight excluding hydrogens is 316 g/mol. The van der Waals surface area contributed by atoms with Crippen molar-refractivity contribution in [3.05, 3.63) is 52.7 Å². The third-order valence-corrected chi connectivity index (χ3v) is 4.92. The van der Waals surface area contributed by atoms with E-state index in [2.05, 4.69) is 40.9 Å². The van der Waals surface area contributed by atoms with Crippen molar-refractivity contribution in [1.29, 1.82) is 0 Å². The number of benzene rings is 1. The molecule has 0 N–H and O–H groups in total. The Labute approximate surface area is 136 Å². The van der Waals surface area contributed by atoms with Crippen LogP contribution in [-0.4, -0.2) is 22.5 Å². The minimum absolute atomic E-state index is 0.269. The second kappa shape index (κ2) is 6.54. The minimum Gasteiger partial charge on any atom is -0.459 e. The number of rotatable bonds is 4. The number of aryl methyl sites for hydroxylation is 2. The van der Waals surface area contributed by atoms with E-state index < -0.39 is 0 Å². The molecule has 2 aromatic heterocycles. The number of furan rings is 1. The third-order valence-electron chi connectivity index (χ3n) is 3.29. The van der Waals surface area contributed by atoms with Crippen molar-refractivity contribution in [3.8, 4) is 0 Å². The lowest BCUT2D eigenvalue weighted by atomic mass is 10.2. The topological polar surface area (TPSA) is 47.5 Å². The van der Waals surface area contributed by atoms with Crippen LogP contribution < -0.4 is 4.80 Å². The standard InChI is InChI=1S/C16H16N2O2S2/c1-11-5-6-12-14(10-11)22-16(18(12)7-9-21-2)17-15(19)13-4-3-8-20-13/h3-6,8,10H,7,9H2,1-2H3. The van der Waals surface area contributed by atoms with Crippen LogP contribution in [0.4, 0.5) is 0 Å². The van der Waals surface area contributed by atoms with Gasteiger partial charge < -0.3 is 8.98 Å². The molecule has 0 bridgehead atoms. The lowest BCUT2D eigenvalue weighted by molar-refractivity contribution is 0.0971. The van der Waals surface area contributed by atoms with Gasteiger partial charge in [-0.15, -0.1) is 0 Å². The van der Waals surface area contributed by atoms with Crippen LogP contribution in [0.5, 0.6) is 0 Å². The first-order valence-electron chi connectivity index (χ1n) is 6.90. The predicted molar refractivity (Wildman–Crippen MR) is 91.5 cm³/mol. The molecule has 4 nitrogen and oxygen atoms in total. The lowest BCUT2D eigenvalue weighted by Crippen LogP contribution is -2.18. The van der Waals surface area contributed by atoms with Gasteiger partial charge >= 0.3 is 5.91 Å². The third kappa shape index (κ3) is 3.03. The maximum atomic E-state index is 12.2. The van der Waals surface area contributed by atoms with E-state index in [9.17, 15) is 4.79 Å². The number of nitrogens with zero attached hydrogens (tertiary/aromatic N) is 2. The second-order valence-corrected chi connectivity index (χ2v) is 6.89. The number of hydrogen-bond donors (Lipinski definition) is 0. The highest BCUT2D eigenvalue weighted by atomic mass is 32.2. The Balaban J connectivity index is 2.12. The van der Waals surface area contributed by atoms with Crippen molar-refractivity contribution in [3.63, 3.8) is 0 Å². The molecule has 0 saturated carbocycles. The predicted octanol–water partition coefficient (Wildman–Crippen LogP) is 3.71. The Bertz CT molecular complexity index is 860. The van der Waals surface area contributed by atoms with Gasteiger partial charge in [0.05, 0.1) is 16.5 Å². The van der Waals surface area contributed by atoms with Gasteiger partial charge in [-0.05, 0) is 43.0 Å². The summed E-state index contributed by atoms with van der Waals surface area (Å²) in [7, 11) is 0. The van der Waals surface area contributed by atoms with Gasteiger partial charge in [0.15, 0.2) is 10.6 Å². The normalized spacial score (nSPS) is 12.2. The molecule has 114 valence electrons. The smallest absolute Gasteiger partial charge is 0.315 e. The molecule has 0 saturated heterocycles. The fourth-order valence-corrected chi connectivity index (χ4v) is 3.72. The number of thiazole rings is 1. The Morgan fingerprint density at radius 3 is 3.00 bits per heavy atom. The molecule has 0 fully saturated rings.